The van der Waals surface area contributed by atoms with Crippen molar-refractivity contribution in [1.29, 1.82) is 0 Å². The molecule has 0 radical (unpaired) electrons. The van der Waals surface area contributed by atoms with Gasteiger partial charge in [-0.3, -0.25) is 0 Å². The van der Waals surface area contributed by atoms with Gasteiger partial charge in [-0.2, -0.15) is 0 Å². The third-order valence-corrected chi connectivity index (χ3v) is 30.3. The molecule has 52 heavy (non-hydrogen) atoms. The van der Waals surface area contributed by atoms with Gasteiger partial charge in [-0.15, -0.1) is 24.8 Å². The Bertz CT molecular complexity index is 2320. The first-order valence-corrected chi connectivity index (χ1v) is 24.8. The summed E-state index contributed by atoms with van der Waals surface area (Å²) in [6.45, 7) is 20.7. The molecule has 4 aliphatic rings. The van der Waals surface area contributed by atoms with Gasteiger partial charge in [-0.25, -0.2) is 0 Å². The third kappa shape index (κ3) is 5.16. The Kier molecular flexibility index (Phi) is 9.15. The molecule has 0 bridgehead atoms. The third-order valence-electron chi connectivity index (χ3n) is 12.9. The van der Waals surface area contributed by atoms with Crippen molar-refractivity contribution < 1.29 is 27.1 Å². The summed E-state index contributed by atoms with van der Waals surface area (Å²) in [6.07, 6.45) is 8.88. The zero-order valence-corrected chi connectivity index (χ0v) is 35.9. The minimum atomic E-state index is -5.21. The second-order valence-corrected chi connectivity index (χ2v) is 30.5. The molecule has 0 saturated heterocycles. The molecular formula is C47H50Cl2F2Zr. The number of allylic oxidation sites excluding steroid dienone is 8. The summed E-state index contributed by atoms with van der Waals surface area (Å²) in [4.78, 5) is 0. The van der Waals surface area contributed by atoms with Crippen LogP contribution in [-0.4, -0.2) is 4.21 Å². The molecule has 0 N–H and O–H groups in total. The molecule has 0 saturated carbocycles. The molecule has 0 spiro atoms. The van der Waals surface area contributed by atoms with Gasteiger partial charge in [0.1, 0.15) is 0 Å². The number of hydrogen-bond donors (Lipinski definition) is 0. The van der Waals surface area contributed by atoms with Crippen molar-refractivity contribution in [3.05, 3.63) is 148 Å². The van der Waals surface area contributed by atoms with Crippen molar-refractivity contribution in [2.24, 2.45) is 5.41 Å². The summed E-state index contributed by atoms with van der Waals surface area (Å²) < 4.78 is 40.0. The topological polar surface area (TPSA) is 0 Å². The molecule has 4 aliphatic carbocycles. The van der Waals surface area contributed by atoms with E-state index in [1.165, 1.54) is 67.8 Å². The molecule has 0 atom stereocenters. The van der Waals surface area contributed by atoms with Gasteiger partial charge in [-0.1, -0.05) is 0 Å². The molecule has 0 aliphatic heterocycles. The maximum atomic E-state index is 14.8. The second kappa shape index (κ2) is 12.3. The number of rotatable bonds is 4. The summed E-state index contributed by atoms with van der Waals surface area (Å²) in [5.74, 6) is -0.527. The molecular weight excluding hydrogens is 765 g/mol. The van der Waals surface area contributed by atoms with Crippen molar-refractivity contribution in [1.82, 2.24) is 0 Å². The SMILES string of the molecule is Cl.Cl.[CH2]=[Zr]([C]1=CC(C(C)(C)C)=CC1)([C]1=C(C)c2cc3c(cc2C1(C)C)Cc1cc2c(cc1-3)C(C)=CC2(C)C)([c]1ccc(F)cc1)[c]1ccc(F)cc1. The Morgan fingerprint density at radius 3 is 1.69 bits per heavy atom. The fourth-order valence-corrected chi connectivity index (χ4v) is 28.5. The predicted octanol–water partition coefficient (Wildman–Crippen LogP) is 12.1. The average molecular weight is 815 g/mol. The quantitative estimate of drug-likeness (QED) is 0.170. The fourth-order valence-electron chi connectivity index (χ4n) is 10.6. The molecule has 270 valence electrons. The molecule has 4 aromatic rings. The van der Waals surface area contributed by atoms with Crippen molar-refractivity contribution in [2.75, 3.05) is 0 Å². The van der Waals surface area contributed by atoms with Crippen LogP contribution >= 0.6 is 24.8 Å². The summed E-state index contributed by atoms with van der Waals surface area (Å²) in [7, 11) is 0. The van der Waals surface area contributed by atoms with E-state index < -0.39 is 18.3 Å². The van der Waals surface area contributed by atoms with Gasteiger partial charge >= 0.3 is 300 Å². The van der Waals surface area contributed by atoms with Crippen LogP contribution in [0.2, 0.25) is 0 Å². The van der Waals surface area contributed by atoms with Crippen LogP contribution in [0.5, 0.6) is 0 Å². The predicted molar refractivity (Wildman–Crippen MR) is 221 cm³/mol. The molecule has 0 fully saturated rings. The normalized spacial score (nSPS) is 18.0. The van der Waals surface area contributed by atoms with E-state index in [0.29, 0.717) is 0 Å². The van der Waals surface area contributed by atoms with Crippen molar-refractivity contribution in [3.8, 4) is 11.1 Å². The van der Waals surface area contributed by atoms with Gasteiger partial charge in [0.25, 0.3) is 0 Å². The van der Waals surface area contributed by atoms with E-state index in [1.54, 1.807) is 24.3 Å². The van der Waals surface area contributed by atoms with Crippen LogP contribution < -0.4 is 6.54 Å². The Hall–Kier alpha value is -2.97. The van der Waals surface area contributed by atoms with Crippen LogP contribution in [0, 0.1) is 17.0 Å². The Balaban J connectivity index is 0.00000232. The monoisotopic (exact) mass is 812 g/mol. The first kappa shape index (κ1) is 38.7. The Morgan fingerprint density at radius 2 is 1.19 bits per heavy atom. The van der Waals surface area contributed by atoms with E-state index in [-0.39, 0.29) is 52.7 Å². The van der Waals surface area contributed by atoms with Crippen LogP contribution in [0.15, 0.2) is 103 Å². The van der Waals surface area contributed by atoms with Gasteiger partial charge in [0.2, 0.25) is 0 Å². The molecule has 4 aromatic carbocycles. The molecule has 0 unspecified atom stereocenters. The van der Waals surface area contributed by atoms with Gasteiger partial charge in [0.15, 0.2) is 0 Å². The molecule has 8 rings (SSSR count). The molecule has 0 aromatic heterocycles. The average Bonchev–Trinajstić information content (AvgIpc) is 3.78. The summed E-state index contributed by atoms with van der Waals surface area (Å²) in [6, 6.07) is 24.2. The Labute approximate surface area is 322 Å². The van der Waals surface area contributed by atoms with Gasteiger partial charge in [0, 0.05) is 0 Å². The standard InChI is InChI=1S/C25H25.C9H13.2C6H4F.CH2.2ClH.Zr/c1-14-12-24(3,4)22-8-16-7-17-9-23-19(15(2)13-25(23,5)6)11-21(17)20(16)10-18(14)22;1-9(2,3)8-6-4-5-7-8;2*7-6-4-2-1-3-5-6;;;;/h8-12H,7H2,1-6H3;6-7H,4H2,1-3H3;2*2-5H;1H2;2*1H;. The number of halogens is 4. The van der Waals surface area contributed by atoms with Crippen LogP contribution in [0.4, 0.5) is 8.78 Å². The van der Waals surface area contributed by atoms with E-state index >= 15 is 0 Å². The number of fused-ring (bicyclic) bond motifs is 5. The summed E-state index contributed by atoms with van der Waals surface area (Å²) >= 11 is -5.21. The summed E-state index contributed by atoms with van der Waals surface area (Å²) in [5.41, 5.74) is 14.4. The zero-order valence-electron chi connectivity index (χ0n) is 31.9. The van der Waals surface area contributed by atoms with Crippen molar-refractivity contribution in [2.45, 2.75) is 86.0 Å². The second-order valence-electron chi connectivity index (χ2n) is 17.7. The van der Waals surface area contributed by atoms with E-state index in [9.17, 15) is 8.78 Å². The molecule has 0 nitrogen and oxygen atoms in total. The molecule has 5 heteroatoms. The van der Waals surface area contributed by atoms with Crippen LogP contribution in [0.25, 0.3) is 22.3 Å². The van der Waals surface area contributed by atoms with Crippen LogP contribution in [0.1, 0.15) is 102 Å². The van der Waals surface area contributed by atoms with E-state index in [4.69, 9.17) is 4.21 Å². The first-order valence-electron chi connectivity index (χ1n) is 18.1. The van der Waals surface area contributed by atoms with Crippen molar-refractivity contribution >= 4 is 46.7 Å². The summed E-state index contributed by atoms with van der Waals surface area (Å²) in [5, 5.41) is 0. The number of hydrogen-bond acceptors (Lipinski definition) is 0. The first-order chi connectivity index (χ1) is 23.4. The van der Waals surface area contributed by atoms with E-state index in [1.807, 2.05) is 24.3 Å². The van der Waals surface area contributed by atoms with Gasteiger partial charge < -0.3 is 0 Å². The van der Waals surface area contributed by atoms with Gasteiger partial charge in [0.05, 0.1) is 0 Å². The molecule has 0 amide bonds. The number of benzene rings is 4. The van der Waals surface area contributed by atoms with Crippen molar-refractivity contribution in [3.63, 3.8) is 0 Å². The van der Waals surface area contributed by atoms with Gasteiger partial charge in [-0.05, 0) is 0 Å². The molecule has 0 heterocycles. The van der Waals surface area contributed by atoms with E-state index in [0.717, 1.165) is 19.4 Å². The maximum absolute atomic E-state index is 14.8. The van der Waals surface area contributed by atoms with Crippen LogP contribution in [0.3, 0.4) is 0 Å². The van der Waals surface area contributed by atoms with E-state index in [2.05, 4.69) is 105 Å². The van der Waals surface area contributed by atoms with Crippen LogP contribution in [-0.2, 0) is 35.5 Å². The minimum absolute atomic E-state index is 0. The zero-order chi connectivity index (χ0) is 35.8. The Morgan fingerprint density at radius 1 is 0.692 bits per heavy atom. The fraction of sp³-hybridized carbons (Fsp3) is 0.298.